The fraction of sp³-hybridized carbons (Fsp3) is 0.167. The van der Waals surface area contributed by atoms with Crippen LogP contribution in [-0.2, 0) is 4.79 Å². The number of aliphatic carboxylic acids is 1. The number of carboxylic acid groups (broad SMARTS) is 1. The summed E-state index contributed by atoms with van der Waals surface area (Å²) >= 11 is 0. The Morgan fingerprint density at radius 2 is 2.12 bits per heavy atom. The second-order valence-corrected chi connectivity index (χ2v) is 3.13. The Hall–Kier alpha value is -2.10. The second-order valence-electron chi connectivity index (χ2n) is 3.13. The van der Waals surface area contributed by atoms with Crippen LogP contribution in [-0.4, -0.2) is 23.9 Å². The summed E-state index contributed by atoms with van der Waals surface area (Å²) in [5.41, 5.74) is 0.879. The van der Waals surface area contributed by atoms with Crippen molar-refractivity contribution >= 4 is 17.8 Å². The van der Waals surface area contributed by atoms with Crippen molar-refractivity contribution < 1.29 is 14.7 Å². The largest absolute Gasteiger partial charge is 0.478 e. The maximum absolute atomic E-state index is 11.0. The van der Waals surface area contributed by atoms with Gasteiger partial charge in [0.25, 0.3) is 0 Å². The molecule has 1 aromatic carbocycles. The summed E-state index contributed by atoms with van der Waals surface area (Å²) in [6, 6.07) is 6.59. The zero-order chi connectivity index (χ0) is 12.0. The van der Waals surface area contributed by atoms with Crippen molar-refractivity contribution in [2.24, 2.45) is 0 Å². The van der Waals surface area contributed by atoms with Crippen molar-refractivity contribution in [1.29, 1.82) is 0 Å². The number of nitrogens with one attached hydrogen (secondary N) is 1. The number of aldehydes is 1. The molecule has 4 nitrogen and oxygen atoms in total. The number of benzene rings is 1. The van der Waals surface area contributed by atoms with E-state index in [0.29, 0.717) is 24.0 Å². The van der Waals surface area contributed by atoms with Crippen LogP contribution in [0.4, 0.5) is 0 Å². The minimum atomic E-state index is -1.06. The third-order valence-corrected chi connectivity index (χ3v) is 2.06. The van der Waals surface area contributed by atoms with Crippen LogP contribution in [0.3, 0.4) is 0 Å². The minimum Gasteiger partial charge on any atom is -0.478 e. The van der Waals surface area contributed by atoms with Crippen LogP contribution < -0.4 is 5.32 Å². The molecular formula is C12H13NO3. The van der Waals surface area contributed by atoms with E-state index < -0.39 is 5.97 Å². The van der Waals surface area contributed by atoms with Crippen molar-refractivity contribution in [3.8, 4) is 0 Å². The summed E-state index contributed by atoms with van der Waals surface area (Å²) in [6.07, 6.45) is 2.06. The van der Waals surface area contributed by atoms with Gasteiger partial charge in [-0.3, -0.25) is 4.79 Å². The Balaban J connectivity index is 3.20. The predicted molar refractivity (Wildman–Crippen MR) is 61.1 cm³/mol. The smallest absolute Gasteiger partial charge is 0.337 e. The van der Waals surface area contributed by atoms with Gasteiger partial charge in [-0.25, -0.2) is 4.79 Å². The van der Waals surface area contributed by atoms with Gasteiger partial charge >= 0.3 is 5.97 Å². The lowest BCUT2D eigenvalue weighted by Gasteiger charge is -2.06. The molecule has 2 N–H and O–H groups in total. The zero-order valence-corrected chi connectivity index (χ0v) is 8.93. The molecule has 0 saturated carbocycles. The fourth-order valence-electron chi connectivity index (χ4n) is 1.30. The van der Waals surface area contributed by atoms with Crippen LogP contribution in [0.1, 0.15) is 22.8 Å². The number of hydrogen-bond donors (Lipinski definition) is 2. The van der Waals surface area contributed by atoms with Gasteiger partial charge in [0.15, 0.2) is 6.29 Å². The molecule has 0 saturated heterocycles. The molecule has 0 fully saturated rings. The molecule has 1 aromatic rings. The molecule has 0 aliphatic heterocycles. The first-order valence-corrected chi connectivity index (χ1v) is 4.92. The van der Waals surface area contributed by atoms with Gasteiger partial charge in [0.2, 0.25) is 0 Å². The topological polar surface area (TPSA) is 66.4 Å². The third-order valence-electron chi connectivity index (χ3n) is 2.06. The minimum absolute atomic E-state index is 0.0875. The molecule has 0 aromatic heterocycles. The van der Waals surface area contributed by atoms with Gasteiger partial charge in [0, 0.05) is 23.9 Å². The number of carboxylic acids is 1. The van der Waals surface area contributed by atoms with E-state index in [1.165, 1.54) is 6.20 Å². The highest BCUT2D eigenvalue weighted by Crippen LogP contribution is 2.17. The summed E-state index contributed by atoms with van der Waals surface area (Å²) in [4.78, 5) is 21.8. The van der Waals surface area contributed by atoms with Crippen LogP contribution in [0.2, 0.25) is 0 Å². The highest BCUT2D eigenvalue weighted by molar-refractivity contribution is 6.17. The van der Waals surface area contributed by atoms with Crippen molar-refractivity contribution in [2.75, 3.05) is 6.54 Å². The van der Waals surface area contributed by atoms with Gasteiger partial charge in [-0.15, -0.1) is 0 Å². The van der Waals surface area contributed by atoms with E-state index in [-0.39, 0.29) is 5.57 Å². The summed E-state index contributed by atoms with van der Waals surface area (Å²) in [7, 11) is 0. The molecule has 4 heteroatoms. The average Bonchev–Trinajstić information content (AvgIpc) is 2.29. The monoisotopic (exact) mass is 219 g/mol. The maximum Gasteiger partial charge on any atom is 0.337 e. The number of hydrogen-bond acceptors (Lipinski definition) is 3. The lowest BCUT2D eigenvalue weighted by Crippen LogP contribution is -2.10. The normalized spacial score (nSPS) is 10.9. The molecule has 0 aliphatic carbocycles. The molecule has 16 heavy (non-hydrogen) atoms. The molecule has 0 unspecified atom stereocenters. The average molecular weight is 219 g/mol. The number of rotatable bonds is 5. The number of carbonyl (C=O) groups excluding carboxylic acids is 1. The quantitative estimate of drug-likeness (QED) is 0.582. The summed E-state index contributed by atoms with van der Waals surface area (Å²) < 4.78 is 0. The predicted octanol–water partition coefficient (Wildman–Crippen LogP) is 1.53. The Kier molecular flexibility index (Phi) is 4.27. The van der Waals surface area contributed by atoms with Crippen LogP contribution in [0.5, 0.6) is 0 Å². The van der Waals surface area contributed by atoms with E-state index >= 15 is 0 Å². The third kappa shape index (κ3) is 2.70. The first-order valence-electron chi connectivity index (χ1n) is 4.92. The Labute approximate surface area is 93.6 Å². The van der Waals surface area contributed by atoms with Gasteiger partial charge in [0.1, 0.15) is 0 Å². The molecule has 0 bridgehead atoms. The lowest BCUT2D eigenvalue weighted by atomic mass is 10.0. The summed E-state index contributed by atoms with van der Waals surface area (Å²) in [5, 5.41) is 11.9. The molecule has 0 amide bonds. The molecular weight excluding hydrogens is 206 g/mol. The van der Waals surface area contributed by atoms with Crippen molar-refractivity contribution in [1.82, 2.24) is 5.32 Å². The molecule has 0 atom stereocenters. The zero-order valence-electron chi connectivity index (χ0n) is 8.93. The standard InChI is InChI=1S/C12H13NO3/c1-2-13-7-11(12(15)16)10-6-4-3-5-9(10)8-14/h3-8,13H,2H2,1H3,(H,15,16)/b11-7+. The molecule has 0 heterocycles. The van der Waals surface area contributed by atoms with Crippen LogP contribution >= 0.6 is 0 Å². The molecule has 0 aliphatic rings. The van der Waals surface area contributed by atoms with Crippen molar-refractivity contribution in [2.45, 2.75) is 6.92 Å². The Morgan fingerprint density at radius 1 is 1.44 bits per heavy atom. The first-order chi connectivity index (χ1) is 7.70. The highest BCUT2D eigenvalue weighted by Gasteiger charge is 2.13. The molecule has 84 valence electrons. The van der Waals surface area contributed by atoms with Crippen molar-refractivity contribution in [3.05, 3.63) is 41.6 Å². The molecule has 0 spiro atoms. The van der Waals surface area contributed by atoms with E-state index in [1.54, 1.807) is 24.3 Å². The van der Waals surface area contributed by atoms with Gasteiger partial charge in [0.05, 0.1) is 5.57 Å². The summed E-state index contributed by atoms with van der Waals surface area (Å²) in [6.45, 7) is 2.49. The van der Waals surface area contributed by atoms with E-state index in [1.807, 2.05) is 6.92 Å². The highest BCUT2D eigenvalue weighted by atomic mass is 16.4. The van der Waals surface area contributed by atoms with Gasteiger partial charge in [-0.1, -0.05) is 24.3 Å². The molecule has 0 radical (unpaired) electrons. The van der Waals surface area contributed by atoms with Gasteiger partial charge in [-0.2, -0.15) is 0 Å². The second kappa shape index (κ2) is 5.70. The maximum atomic E-state index is 11.0. The summed E-state index contributed by atoms with van der Waals surface area (Å²) in [5.74, 6) is -1.06. The van der Waals surface area contributed by atoms with E-state index in [9.17, 15) is 9.59 Å². The van der Waals surface area contributed by atoms with Crippen LogP contribution in [0, 0.1) is 0 Å². The Bertz CT molecular complexity index is 424. The van der Waals surface area contributed by atoms with Crippen LogP contribution in [0.15, 0.2) is 30.5 Å². The van der Waals surface area contributed by atoms with E-state index in [0.717, 1.165) is 0 Å². The van der Waals surface area contributed by atoms with E-state index in [2.05, 4.69) is 5.32 Å². The van der Waals surface area contributed by atoms with Crippen molar-refractivity contribution in [3.63, 3.8) is 0 Å². The molecule has 1 rings (SSSR count). The van der Waals surface area contributed by atoms with Gasteiger partial charge in [-0.05, 0) is 6.92 Å². The van der Waals surface area contributed by atoms with Gasteiger partial charge < -0.3 is 10.4 Å². The fourth-order valence-corrected chi connectivity index (χ4v) is 1.30. The SMILES string of the molecule is CCN/C=C(/C(=O)O)c1ccccc1C=O. The first kappa shape index (κ1) is 12.0. The lowest BCUT2D eigenvalue weighted by molar-refractivity contribution is -0.130. The van der Waals surface area contributed by atoms with E-state index in [4.69, 9.17) is 5.11 Å². The van der Waals surface area contributed by atoms with Crippen LogP contribution in [0.25, 0.3) is 5.57 Å². The Morgan fingerprint density at radius 3 is 2.69 bits per heavy atom. The number of carbonyl (C=O) groups is 2.